The summed E-state index contributed by atoms with van der Waals surface area (Å²) in [5, 5.41) is 2.45. The third-order valence-corrected chi connectivity index (χ3v) is 5.55. The maximum atomic E-state index is 12.5. The standard InChI is InChI=1S/C22H22N2O3S/c1-14-4-7-17(8-5-14)13-19-21(26)24(22(27)28-19)11-10-23-20(25)18-9-6-15(2)16(3)12-18/h4-9,12-13H,10-11H2,1-3H3,(H,23,25)/b19-13-. The first kappa shape index (κ1) is 19.9. The molecular weight excluding hydrogens is 372 g/mol. The molecule has 1 aliphatic heterocycles. The molecule has 1 saturated heterocycles. The van der Waals surface area contributed by atoms with E-state index in [1.807, 2.05) is 57.2 Å². The zero-order valence-electron chi connectivity index (χ0n) is 16.1. The molecule has 2 aromatic carbocycles. The van der Waals surface area contributed by atoms with Crippen LogP contribution in [0.25, 0.3) is 6.08 Å². The second-order valence-corrected chi connectivity index (χ2v) is 7.79. The van der Waals surface area contributed by atoms with Crippen LogP contribution in [0.2, 0.25) is 0 Å². The molecule has 0 spiro atoms. The molecule has 2 aromatic rings. The van der Waals surface area contributed by atoms with Gasteiger partial charge in [-0.2, -0.15) is 0 Å². The summed E-state index contributed by atoms with van der Waals surface area (Å²) in [7, 11) is 0. The van der Waals surface area contributed by atoms with Crippen LogP contribution in [-0.4, -0.2) is 35.0 Å². The number of benzene rings is 2. The lowest BCUT2D eigenvalue weighted by Crippen LogP contribution is -2.37. The number of carbonyl (C=O) groups excluding carboxylic acids is 3. The van der Waals surface area contributed by atoms with Crippen molar-refractivity contribution >= 4 is 34.9 Å². The summed E-state index contributed by atoms with van der Waals surface area (Å²) < 4.78 is 0. The van der Waals surface area contributed by atoms with Gasteiger partial charge in [-0.05, 0) is 67.4 Å². The van der Waals surface area contributed by atoms with Crippen LogP contribution in [0.15, 0.2) is 47.4 Å². The van der Waals surface area contributed by atoms with Crippen molar-refractivity contribution in [2.75, 3.05) is 13.1 Å². The second kappa shape index (κ2) is 8.44. The highest BCUT2D eigenvalue weighted by Crippen LogP contribution is 2.31. The third-order valence-electron chi connectivity index (χ3n) is 4.64. The van der Waals surface area contributed by atoms with E-state index in [1.54, 1.807) is 12.1 Å². The predicted octanol–water partition coefficient (Wildman–Crippen LogP) is 4.08. The number of rotatable bonds is 5. The van der Waals surface area contributed by atoms with Gasteiger partial charge in [0.25, 0.3) is 17.1 Å². The molecule has 1 N–H and O–H groups in total. The smallest absolute Gasteiger partial charge is 0.293 e. The average molecular weight is 394 g/mol. The molecule has 1 fully saturated rings. The maximum Gasteiger partial charge on any atom is 0.293 e. The lowest BCUT2D eigenvalue weighted by atomic mass is 10.1. The fraction of sp³-hybridized carbons (Fsp3) is 0.227. The minimum Gasteiger partial charge on any atom is -0.350 e. The van der Waals surface area contributed by atoms with E-state index in [1.165, 1.54) is 4.90 Å². The Labute approximate surface area is 168 Å². The Balaban J connectivity index is 1.59. The van der Waals surface area contributed by atoms with E-state index in [0.29, 0.717) is 10.5 Å². The van der Waals surface area contributed by atoms with Crippen molar-refractivity contribution in [1.82, 2.24) is 10.2 Å². The average Bonchev–Trinajstić information content (AvgIpc) is 2.93. The zero-order valence-corrected chi connectivity index (χ0v) is 16.9. The molecule has 0 unspecified atom stereocenters. The van der Waals surface area contributed by atoms with Gasteiger partial charge in [-0.25, -0.2) is 0 Å². The Hall–Kier alpha value is -2.86. The monoisotopic (exact) mass is 394 g/mol. The van der Waals surface area contributed by atoms with Crippen LogP contribution in [0.1, 0.15) is 32.6 Å². The molecule has 144 valence electrons. The van der Waals surface area contributed by atoms with Gasteiger partial charge < -0.3 is 5.32 Å². The molecule has 1 heterocycles. The SMILES string of the molecule is Cc1ccc(/C=C2\SC(=O)N(CCNC(=O)c3ccc(C)c(C)c3)C2=O)cc1. The summed E-state index contributed by atoms with van der Waals surface area (Å²) in [6.07, 6.45) is 1.72. The number of hydrogen-bond acceptors (Lipinski definition) is 4. The quantitative estimate of drug-likeness (QED) is 0.776. The van der Waals surface area contributed by atoms with Gasteiger partial charge in [0.2, 0.25) is 0 Å². The van der Waals surface area contributed by atoms with Crippen LogP contribution in [0, 0.1) is 20.8 Å². The van der Waals surface area contributed by atoms with E-state index < -0.39 is 0 Å². The number of amides is 3. The van der Waals surface area contributed by atoms with Crippen molar-refractivity contribution in [3.63, 3.8) is 0 Å². The fourth-order valence-corrected chi connectivity index (χ4v) is 3.64. The van der Waals surface area contributed by atoms with Gasteiger partial charge in [0.05, 0.1) is 4.91 Å². The highest BCUT2D eigenvalue weighted by atomic mass is 32.2. The van der Waals surface area contributed by atoms with Crippen molar-refractivity contribution in [3.05, 3.63) is 75.2 Å². The van der Waals surface area contributed by atoms with Crippen LogP contribution >= 0.6 is 11.8 Å². The molecule has 3 rings (SSSR count). The van der Waals surface area contributed by atoms with Crippen molar-refractivity contribution in [2.45, 2.75) is 20.8 Å². The molecule has 5 nitrogen and oxygen atoms in total. The first-order valence-corrected chi connectivity index (χ1v) is 9.84. The summed E-state index contributed by atoms with van der Waals surface area (Å²) in [5.41, 5.74) is 4.73. The third kappa shape index (κ3) is 4.51. The molecule has 0 aliphatic carbocycles. The van der Waals surface area contributed by atoms with Gasteiger partial charge in [-0.15, -0.1) is 0 Å². The van der Waals surface area contributed by atoms with E-state index in [2.05, 4.69) is 5.32 Å². The van der Waals surface area contributed by atoms with Gasteiger partial charge in [0, 0.05) is 18.7 Å². The number of carbonyl (C=O) groups is 3. The molecule has 3 amide bonds. The number of nitrogens with one attached hydrogen (secondary N) is 1. The molecule has 28 heavy (non-hydrogen) atoms. The lowest BCUT2D eigenvalue weighted by molar-refractivity contribution is -0.122. The highest BCUT2D eigenvalue weighted by molar-refractivity contribution is 8.18. The molecular formula is C22H22N2O3S. The largest absolute Gasteiger partial charge is 0.350 e. The van der Waals surface area contributed by atoms with Gasteiger partial charge in [0.15, 0.2) is 0 Å². The second-order valence-electron chi connectivity index (χ2n) is 6.80. The Morgan fingerprint density at radius 1 is 1.04 bits per heavy atom. The highest BCUT2D eigenvalue weighted by Gasteiger charge is 2.34. The van der Waals surface area contributed by atoms with Crippen LogP contribution in [0.3, 0.4) is 0 Å². The number of aryl methyl sites for hydroxylation is 3. The molecule has 0 aromatic heterocycles. The topological polar surface area (TPSA) is 66.5 Å². The van der Waals surface area contributed by atoms with Crippen molar-refractivity contribution in [3.8, 4) is 0 Å². The van der Waals surface area contributed by atoms with Crippen LogP contribution in [0.5, 0.6) is 0 Å². The van der Waals surface area contributed by atoms with Gasteiger partial charge in [-0.3, -0.25) is 19.3 Å². The Bertz CT molecular complexity index is 964. The molecule has 0 radical (unpaired) electrons. The molecule has 0 saturated carbocycles. The molecule has 0 bridgehead atoms. The van der Waals surface area contributed by atoms with E-state index in [0.717, 1.165) is 34.0 Å². The van der Waals surface area contributed by atoms with Crippen molar-refractivity contribution in [2.24, 2.45) is 0 Å². The van der Waals surface area contributed by atoms with E-state index in [-0.39, 0.29) is 30.1 Å². The number of hydrogen-bond donors (Lipinski definition) is 1. The number of nitrogens with zero attached hydrogens (tertiary/aromatic N) is 1. The molecule has 1 aliphatic rings. The summed E-state index contributed by atoms with van der Waals surface area (Å²) >= 11 is 0.925. The first-order chi connectivity index (χ1) is 13.3. The van der Waals surface area contributed by atoms with Gasteiger partial charge in [0.1, 0.15) is 0 Å². The molecule has 0 atom stereocenters. The van der Waals surface area contributed by atoms with E-state index in [9.17, 15) is 14.4 Å². The van der Waals surface area contributed by atoms with Crippen LogP contribution < -0.4 is 5.32 Å². The zero-order chi connectivity index (χ0) is 20.3. The van der Waals surface area contributed by atoms with Crippen molar-refractivity contribution in [1.29, 1.82) is 0 Å². The fourth-order valence-electron chi connectivity index (χ4n) is 2.77. The summed E-state index contributed by atoms with van der Waals surface area (Å²) in [6, 6.07) is 13.2. The van der Waals surface area contributed by atoms with E-state index in [4.69, 9.17) is 0 Å². The Morgan fingerprint density at radius 3 is 2.43 bits per heavy atom. The lowest BCUT2D eigenvalue weighted by Gasteiger charge is -2.13. The minimum absolute atomic E-state index is 0.145. The first-order valence-electron chi connectivity index (χ1n) is 9.02. The number of thioether (sulfide) groups is 1. The van der Waals surface area contributed by atoms with Crippen LogP contribution in [-0.2, 0) is 4.79 Å². The minimum atomic E-state index is -0.323. The van der Waals surface area contributed by atoms with Crippen LogP contribution in [0.4, 0.5) is 4.79 Å². The maximum absolute atomic E-state index is 12.5. The molecule has 6 heteroatoms. The Morgan fingerprint density at radius 2 is 1.75 bits per heavy atom. The normalized spacial score (nSPS) is 15.4. The van der Waals surface area contributed by atoms with Gasteiger partial charge >= 0.3 is 0 Å². The van der Waals surface area contributed by atoms with E-state index >= 15 is 0 Å². The van der Waals surface area contributed by atoms with Gasteiger partial charge in [-0.1, -0.05) is 35.9 Å². The Kier molecular flexibility index (Phi) is 5.99. The number of imide groups is 1. The summed E-state index contributed by atoms with van der Waals surface area (Å²) in [5.74, 6) is -0.540. The summed E-state index contributed by atoms with van der Waals surface area (Å²) in [4.78, 5) is 38.5. The predicted molar refractivity (Wildman–Crippen MR) is 112 cm³/mol. The summed E-state index contributed by atoms with van der Waals surface area (Å²) in [6.45, 7) is 6.28. The van der Waals surface area contributed by atoms with Crippen molar-refractivity contribution < 1.29 is 14.4 Å².